The minimum atomic E-state index is 0.161. The molecule has 0 unspecified atom stereocenters. The molecule has 0 radical (unpaired) electrons. The first kappa shape index (κ1) is 7.18. The monoisotopic (exact) mass is 117 g/mol. The Morgan fingerprint density at radius 3 is 2.71 bits per heavy atom. The Morgan fingerprint density at radius 2 is 2.29 bits per heavy atom. The first-order valence-electron chi connectivity index (χ1n) is 3.06. The summed E-state index contributed by atoms with van der Waals surface area (Å²) in [6.45, 7) is 2.24. The average molecular weight is 117 g/mol. The van der Waals surface area contributed by atoms with Crippen molar-refractivity contribution in [3.63, 3.8) is 0 Å². The molecule has 0 atom stereocenters. The lowest BCUT2D eigenvalue weighted by atomic mass is 10.4. The van der Waals surface area contributed by atoms with E-state index in [2.05, 4.69) is 19.0 Å². The molecule has 0 fully saturated rings. The summed E-state index contributed by atoms with van der Waals surface area (Å²) < 4.78 is 0. The zero-order valence-electron chi connectivity index (χ0n) is 5.33. The molecule has 0 bridgehead atoms. The molecule has 0 amide bonds. The minimum absolute atomic E-state index is 0.161. The average Bonchev–Trinajstić information content (AvgIpc) is 1.69. The van der Waals surface area contributed by atoms with E-state index >= 15 is 0 Å². The van der Waals surface area contributed by atoms with E-state index in [0.717, 1.165) is 0 Å². The molecular formula is C5H15NSi. The molecule has 44 valence electrons. The highest BCUT2D eigenvalue weighted by atomic mass is 28.2. The molecule has 0 aliphatic rings. The SMILES string of the molecule is CCCC[SiH2]NC. The van der Waals surface area contributed by atoms with Gasteiger partial charge < -0.3 is 4.98 Å². The van der Waals surface area contributed by atoms with Gasteiger partial charge in [-0.25, -0.2) is 0 Å². The van der Waals surface area contributed by atoms with Gasteiger partial charge in [-0.3, -0.25) is 0 Å². The van der Waals surface area contributed by atoms with Crippen LogP contribution in [0.2, 0.25) is 6.04 Å². The molecule has 7 heavy (non-hydrogen) atoms. The smallest absolute Gasteiger partial charge is 0.0913 e. The molecule has 0 aromatic carbocycles. The predicted octanol–water partition coefficient (Wildman–Crippen LogP) is 0.508. The molecule has 0 aromatic heterocycles. The number of nitrogens with one attached hydrogen (secondary N) is 1. The van der Waals surface area contributed by atoms with Gasteiger partial charge in [0.25, 0.3) is 0 Å². The molecule has 1 nitrogen and oxygen atoms in total. The van der Waals surface area contributed by atoms with E-state index in [1.54, 1.807) is 0 Å². The van der Waals surface area contributed by atoms with Crippen molar-refractivity contribution in [3.05, 3.63) is 0 Å². The van der Waals surface area contributed by atoms with Crippen LogP contribution in [0.3, 0.4) is 0 Å². The van der Waals surface area contributed by atoms with Crippen LogP contribution in [-0.4, -0.2) is 16.7 Å². The molecular weight excluding hydrogens is 102 g/mol. The largest absolute Gasteiger partial charge is 0.345 e. The number of rotatable bonds is 4. The van der Waals surface area contributed by atoms with Crippen molar-refractivity contribution in [1.29, 1.82) is 0 Å². The highest BCUT2D eigenvalue weighted by molar-refractivity contribution is 6.31. The Labute approximate surface area is 48.4 Å². The van der Waals surface area contributed by atoms with Gasteiger partial charge in [0.15, 0.2) is 0 Å². The summed E-state index contributed by atoms with van der Waals surface area (Å²) in [5.41, 5.74) is 0. The van der Waals surface area contributed by atoms with E-state index in [1.807, 2.05) is 0 Å². The summed E-state index contributed by atoms with van der Waals surface area (Å²) in [4.78, 5) is 3.24. The maximum absolute atomic E-state index is 3.24. The lowest BCUT2D eigenvalue weighted by Gasteiger charge is -1.91. The van der Waals surface area contributed by atoms with Crippen LogP contribution in [-0.2, 0) is 0 Å². The summed E-state index contributed by atoms with van der Waals surface area (Å²) in [7, 11) is 2.22. The van der Waals surface area contributed by atoms with E-state index in [1.165, 1.54) is 18.9 Å². The second-order valence-corrected chi connectivity index (χ2v) is 3.72. The summed E-state index contributed by atoms with van der Waals surface area (Å²) in [6, 6.07) is 1.47. The molecule has 1 N–H and O–H groups in total. The lowest BCUT2D eigenvalue weighted by molar-refractivity contribution is 0.873. The van der Waals surface area contributed by atoms with E-state index < -0.39 is 0 Å². The van der Waals surface area contributed by atoms with Gasteiger partial charge in [0.1, 0.15) is 0 Å². The quantitative estimate of drug-likeness (QED) is 0.418. The fourth-order valence-electron chi connectivity index (χ4n) is 0.552. The molecule has 2 heteroatoms. The van der Waals surface area contributed by atoms with Gasteiger partial charge in [-0.15, -0.1) is 0 Å². The Kier molecular flexibility index (Phi) is 6.33. The van der Waals surface area contributed by atoms with Crippen LogP contribution in [0.15, 0.2) is 0 Å². The van der Waals surface area contributed by atoms with Gasteiger partial charge in [0.05, 0.1) is 9.68 Å². The topological polar surface area (TPSA) is 12.0 Å². The van der Waals surface area contributed by atoms with Crippen LogP contribution < -0.4 is 4.98 Å². The van der Waals surface area contributed by atoms with Gasteiger partial charge in [-0.05, 0) is 7.05 Å². The van der Waals surface area contributed by atoms with Crippen molar-refractivity contribution in [2.24, 2.45) is 0 Å². The standard InChI is InChI=1S/C5H15NSi/c1-3-4-5-7-6-2/h6H,3-5,7H2,1-2H3. The molecule has 0 saturated carbocycles. The van der Waals surface area contributed by atoms with Gasteiger partial charge in [0, 0.05) is 0 Å². The Balaban J connectivity index is 2.45. The summed E-state index contributed by atoms with van der Waals surface area (Å²) in [5.74, 6) is 0. The fraction of sp³-hybridized carbons (Fsp3) is 1.00. The third-order valence-corrected chi connectivity index (χ3v) is 2.38. The van der Waals surface area contributed by atoms with Crippen LogP contribution in [0.1, 0.15) is 19.8 Å². The zero-order chi connectivity index (χ0) is 5.54. The molecule has 0 aliphatic carbocycles. The molecule has 0 aliphatic heterocycles. The predicted molar refractivity (Wildman–Crippen MR) is 37.3 cm³/mol. The second-order valence-electron chi connectivity index (χ2n) is 1.81. The van der Waals surface area contributed by atoms with Crippen LogP contribution in [0, 0.1) is 0 Å². The van der Waals surface area contributed by atoms with Crippen LogP contribution in [0.5, 0.6) is 0 Å². The highest BCUT2D eigenvalue weighted by Crippen LogP contribution is 1.89. The molecule has 0 heterocycles. The van der Waals surface area contributed by atoms with Crippen LogP contribution in [0.25, 0.3) is 0 Å². The molecule has 0 aromatic rings. The van der Waals surface area contributed by atoms with E-state index in [9.17, 15) is 0 Å². The summed E-state index contributed by atoms with van der Waals surface area (Å²) >= 11 is 0. The highest BCUT2D eigenvalue weighted by Gasteiger charge is 1.80. The third kappa shape index (κ3) is 6.18. The third-order valence-electron chi connectivity index (χ3n) is 1.03. The first-order valence-corrected chi connectivity index (χ1v) is 4.77. The fourth-order valence-corrected chi connectivity index (χ4v) is 1.66. The van der Waals surface area contributed by atoms with Gasteiger partial charge >= 0.3 is 0 Å². The maximum Gasteiger partial charge on any atom is 0.0913 e. The number of hydrogen-bond donors (Lipinski definition) is 1. The van der Waals surface area contributed by atoms with Gasteiger partial charge in [-0.1, -0.05) is 25.8 Å². The number of hydrogen-bond acceptors (Lipinski definition) is 1. The van der Waals surface area contributed by atoms with Crippen LogP contribution in [0.4, 0.5) is 0 Å². The van der Waals surface area contributed by atoms with Gasteiger partial charge in [-0.2, -0.15) is 0 Å². The Morgan fingerprint density at radius 1 is 1.57 bits per heavy atom. The van der Waals surface area contributed by atoms with Crippen molar-refractivity contribution in [2.45, 2.75) is 25.8 Å². The van der Waals surface area contributed by atoms with Crippen molar-refractivity contribution >= 4 is 9.68 Å². The maximum atomic E-state index is 3.24. The van der Waals surface area contributed by atoms with Crippen molar-refractivity contribution in [2.75, 3.05) is 7.05 Å². The molecule has 0 saturated heterocycles. The Bertz CT molecular complexity index is 27.3. The van der Waals surface area contributed by atoms with Crippen molar-refractivity contribution in [3.8, 4) is 0 Å². The van der Waals surface area contributed by atoms with E-state index in [0.29, 0.717) is 0 Å². The minimum Gasteiger partial charge on any atom is -0.345 e. The molecule has 0 rings (SSSR count). The van der Waals surface area contributed by atoms with Gasteiger partial charge in [0.2, 0.25) is 0 Å². The number of unbranched alkanes of at least 4 members (excludes halogenated alkanes) is 1. The van der Waals surface area contributed by atoms with E-state index in [4.69, 9.17) is 0 Å². The normalized spacial score (nSPS) is 11.1. The van der Waals surface area contributed by atoms with Crippen molar-refractivity contribution < 1.29 is 0 Å². The van der Waals surface area contributed by atoms with Crippen molar-refractivity contribution in [1.82, 2.24) is 4.98 Å². The molecule has 0 spiro atoms. The summed E-state index contributed by atoms with van der Waals surface area (Å²) in [6.07, 6.45) is 2.78. The van der Waals surface area contributed by atoms with Crippen LogP contribution >= 0.6 is 0 Å². The second kappa shape index (κ2) is 6.18. The van der Waals surface area contributed by atoms with E-state index in [-0.39, 0.29) is 9.68 Å². The first-order chi connectivity index (χ1) is 3.41. The zero-order valence-corrected chi connectivity index (χ0v) is 6.74. The Hall–Kier alpha value is 0.177. The lowest BCUT2D eigenvalue weighted by Crippen LogP contribution is -2.11. The summed E-state index contributed by atoms with van der Waals surface area (Å²) in [5, 5.41) is 0.